The van der Waals surface area contributed by atoms with Crippen LogP contribution in [0.1, 0.15) is 17.4 Å². The highest BCUT2D eigenvalue weighted by atomic mass is 19.1. The third-order valence-electron chi connectivity index (χ3n) is 3.37. The minimum absolute atomic E-state index is 0.176. The van der Waals surface area contributed by atoms with Gasteiger partial charge in [-0.3, -0.25) is 0 Å². The lowest BCUT2D eigenvalue weighted by atomic mass is 10.2. The summed E-state index contributed by atoms with van der Waals surface area (Å²) < 4.78 is 30.4. The highest BCUT2D eigenvalue weighted by molar-refractivity contribution is 5.17. The SMILES string of the molecule is Fc1ccccc1CO[C@H]1CO[C@@H](c2ccccc2)OC1. The summed E-state index contributed by atoms with van der Waals surface area (Å²) in [6.45, 7) is 1.10. The van der Waals surface area contributed by atoms with Gasteiger partial charge in [0, 0.05) is 11.1 Å². The number of halogens is 1. The van der Waals surface area contributed by atoms with Gasteiger partial charge in [0.25, 0.3) is 0 Å². The summed E-state index contributed by atoms with van der Waals surface area (Å²) in [5, 5.41) is 0. The van der Waals surface area contributed by atoms with Gasteiger partial charge < -0.3 is 14.2 Å². The molecule has 0 radical (unpaired) electrons. The molecule has 0 atom stereocenters. The zero-order valence-electron chi connectivity index (χ0n) is 11.6. The van der Waals surface area contributed by atoms with Crippen LogP contribution in [0.5, 0.6) is 0 Å². The van der Waals surface area contributed by atoms with E-state index in [0.29, 0.717) is 18.8 Å². The lowest BCUT2D eigenvalue weighted by molar-refractivity contribution is -0.232. The summed E-state index contributed by atoms with van der Waals surface area (Å²) in [5.74, 6) is -0.252. The molecule has 0 unspecified atom stereocenters. The lowest BCUT2D eigenvalue weighted by Crippen LogP contribution is -2.33. The molecule has 2 aromatic carbocycles. The van der Waals surface area contributed by atoms with Crippen molar-refractivity contribution in [3.8, 4) is 0 Å². The molecule has 3 rings (SSSR count). The Morgan fingerprint density at radius 2 is 1.62 bits per heavy atom. The van der Waals surface area contributed by atoms with Crippen LogP contribution in [0.2, 0.25) is 0 Å². The highest BCUT2D eigenvalue weighted by Gasteiger charge is 2.24. The summed E-state index contributed by atoms with van der Waals surface area (Å²) in [6.07, 6.45) is -0.524. The van der Waals surface area contributed by atoms with Crippen LogP contribution in [0, 0.1) is 5.82 Å². The van der Waals surface area contributed by atoms with Crippen molar-refractivity contribution in [1.29, 1.82) is 0 Å². The summed E-state index contributed by atoms with van der Waals surface area (Å²) in [4.78, 5) is 0. The van der Waals surface area contributed by atoms with Gasteiger partial charge in [-0.05, 0) is 6.07 Å². The molecule has 1 heterocycles. The first kappa shape index (κ1) is 14.2. The van der Waals surface area contributed by atoms with Gasteiger partial charge in [-0.15, -0.1) is 0 Å². The van der Waals surface area contributed by atoms with Crippen LogP contribution in [0.25, 0.3) is 0 Å². The first-order chi connectivity index (χ1) is 10.3. The third-order valence-corrected chi connectivity index (χ3v) is 3.37. The van der Waals surface area contributed by atoms with E-state index in [0.717, 1.165) is 5.56 Å². The molecule has 0 saturated carbocycles. The molecular formula is C17H17FO3. The molecule has 0 aliphatic carbocycles. The molecule has 0 amide bonds. The molecule has 0 spiro atoms. The summed E-state index contributed by atoms with van der Waals surface area (Å²) in [5.41, 5.74) is 1.53. The Morgan fingerprint density at radius 3 is 2.33 bits per heavy atom. The van der Waals surface area contributed by atoms with E-state index in [-0.39, 0.29) is 24.8 Å². The van der Waals surface area contributed by atoms with Crippen molar-refractivity contribution in [1.82, 2.24) is 0 Å². The van der Waals surface area contributed by atoms with E-state index in [9.17, 15) is 4.39 Å². The maximum atomic E-state index is 13.5. The molecule has 3 nitrogen and oxygen atoms in total. The van der Waals surface area contributed by atoms with Gasteiger partial charge in [0.05, 0.1) is 19.8 Å². The van der Waals surface area contributed by atoms with Crippen LogP contribution >= 0.6 is 0 Å². The average Bonchev–Trinajstić information content (AvgIpc) is 2.55. The molecule has 1 fully saturated rings. The second-order valence-electron chi connectivity index (χ2n) is 4.93. The largest absolute Gasteiger partial charge is 0.369 e. The molecule has 2 aromatic rings. The van der Waals surface area contributed by atoms with Crippen molar-refractivity contribution in [2.75, 3.05) is 13.2 Å². The zero-order chi connectivity index (χ0) is 14.5. The minimum Gasteiger partial charge on any atom is -0.369 e. The number of benzene rings is 2. The molecule has 110 valence electrons. The molecule has 0 aromatic heterocycles. The normalized spacial score (nSPS) is 22.1. The van der Waals surface area contributed by atoms with Gasteiger partial charge >= 0.3 is 0 Å². The topological polar surface area (TPSA) is 27.7 Å². The molecule has 1 saturated heterocycles. The molecule has 1 aliphatic heterocycles. The van der Waals surface area contributed by atoms with E-state index in [1.807, 2.05) is 30.3 Å². The van der Waals surface area contributed by atoms with Crippen molar-refractivity contribution >= 4 is 0 Å². The Kier molecular flexibility index (Phi) is 4.60. The first-order valence-electron chi connectivity index (χ1n) is 6.96. The van der Waals surface area contributed by atoms with Crippen molar-refractivity contribution in [3.63, 3.8) is 0 Å². The van der Waals surface area contributed by atoms with Crippen molar-refractivity contribution in [3.05, 3.63) is 71.5 Å². The fourth-order valence-corrected chi connectivity index (χ4v) is 2.21. The van der Waals surface area contributed by atoms with Gasteiger partial charge in [0.15, 0.2) is 6.29 Å². The summed E-state index contributed by atoms with van der Waals surface area (Å²) >= 11 is 0. The molecule has 4 heteroatoms. The van der Waals surface area contributed by atoms with Gasteiger partial charge in [0.1, 0.15) is 11.9 Å². The van der Waals surface area contributed by atoms with Crippen molar-refractivity contribution in [2.24, 2.45) is 0 Å². The molecule has 0 bridgehead atoms. The minimum atomic E-state index is -0.348. The van der Waals surface area contributed by atoms with Crippen LogP contribution < -0.4 is 0 Å². The maximum absolute atomic E-state index is 13.5. The quantitative estimate of drug-likeness (QED) is 0.862. The lowest BCUT2D eigenvalue weighted by Gasteiger charge is -2.29. The molecule has 21 heavy (non-hydrogen) atoms. The monoisotopic (exact) mass is 288 g/mol. The Bertz CT molecular complexity index is 565. The smallest absolute Gasteiger partial charge is 0.184 e. The van der Waals surface area contributed by atoms with Gasteiger partial charge in [-0.25, -0.2) is 4.39 Å². The Morgan fingerprint density at radius 1 is 0.952 bits per heavy atom. The number of rotatable bonds is 4. The standard InChI is InChI=1S/C17H17FO3/c18-16-9-5-4-8-14(16)10-19-15-11-20-17(21-12-15)13-6-2-1-3-7-13/h1-9,15,17H,10-12H2/t15-,17+. The zero-order valence-corrected chi connectivity index (χ0v) is 11.6. The van der Waals surface area contributed by atoms with Crippen molar-refractivity contribution in [2.45, 2.75) is 19.0 Å². The van der Waals surface area contributed by atoms with E-state index < -0.39 is 0 Å². The average molecular weight is 288 g/mol. The van der Waals surface area contributed by atoms with Crippen molar-refractivity contribution < 1.29 is 18.6 Å². The van der Waals surface area contributed by atoms with E-state index in [1.54, 1.807) is 18.2 Å². The summed E-state index contributed by atoms with van der Waals surface area (Å²) in [6, 6.07) is 16.4. The second kappa shape index (κ2) is 6.80. The van der Waals surface area contributed by atoms with Crippen LogP contribution in [0.3, 0.4) is 0 Å². The fourth-order valence-electron chi connectivity index (χ4n) is 2.21. The van der Waals surface area contributed by atoms with E-state index in [2.05, 4.69) is 0 Å². The van der Waals surface area contributed by atoms with Crippen LogP contribution in [0.4, 0.5) is 4.39 Å². The first-order valence-corrected chi connectivity index (χ1v) is 6.96. The maximum Gasteiger partial charge on any atom is 0.184 e. The fraction of sp³-hybridized carbons (Fsp3) is 0.294. The molecule has 1 aliphatic rings. The predicted molar refractivity (Wildman–Crippen MR) is 76.1 cm³/mol. The van der Waals surface area contributed by atoms with Gasteiger partial charge in [-0.2, -0.15) is 0 Å². The number of hydrogen-bond donors (Lipinski definition) is 0. The van der Waals surface area contributed by atoms with Gasteiger partial charge in [-0.1, -0.05) is 48.5 Å². The van der Waals surface area contributed by atoms with E-state index in [1.165, 1.54) is 6.07 Å². The third kappa shape index (κ3) is 3.67. The predicted octanol–water partition coefficient (Wildman–Crippen LogP) is 3.46. The Balaban J connectivity index is 1.49. The summed E-state index contributed by atoms with van der Waals surface area (Å²) in [7, 11) is 0. The van der Waals surface area contributed by atoms with E-state index >= 15 is 0 Å². The number of hydrogen-bond acceptors (Lipinski definition) is 3. The van der Waals surface area contributed by atoms with Crippen LogP contribution in [-0.4, -0.2) is 19.3 Å². The molecular weight excluding hydrogens is 271 g/mol. The highest BCUT2D eigenvalue weighted by Crippen LogP contribution is 2.24. The number of ether oxygens (including phenoxy) is 3. The van der Waals surface area contributed by atoms with Crippen LogP contribution in [0.15, 0.2) is 54.6 Å². The van der Waals surface area contributed by atoms with Crippen LogP contribution in [-0.2, 0) is 20.8 Å². The second-order valence-corrected chi connectivity index (χ2v) is 4.93. The van der Waals surface area contributed by atoms with E-state index in [4.69, 9.17) is 14.2 Å². The Hall–Kier alpha value is -1.75. The molecule has 0 N–H and O–H groups in total. The van der Waals surface area contributed by atoms with Gasteiger partial charge in [0.2, 0.25) is 0 Å². The Labute approximate surface area is 123 Å².